The van der Waals surface area contributed by atoms with Crippen LogP contribution >= 0.6 is 0 Å². The van der Waals surface area contributed by atoms with E-state index in [0.29, 0.717) is 22.2 Å². The van der Waals surface area contributed by atoms with Gasteiger partial charge in [-0.3, -0.25) is 14.5 Å². The molecule has 0 aliphatic carbocycles. The van der Waals surface area contributed by atoms with Crippen LogP contribution in [0.15, 0.2) is 90.2 Å². The molecule has 194 valence electrons. The average Bonchev–Trinajstić information content (AvgIpc) is 3.48. The van der Waals surface area contributed by atoms with E-state index in [4.69, 9.17) is 0 Å². The smallest absolute Gasteiger partial charge is 0.269 e. The summed E-state index contributed by atoms with van der Waals surface area (Å²) < 4.78 is 27.9. The average molecular weight is 537 g/mol. The van der Waals surface area contributed by atoms with Gasteiger partial charge in [-0.15, -0.1) is 0 Å². The van der Waals surface area contributed by atoms with Crippen molar-refractivity contribution in [1.29, 1.82) is 0 Å². The van der Waals surface area contributed by atoms with E-state index >= 15 is 0 Å². The molecule has 3 aromatic carbocycles. The van der Waals surface area contributed by atoms with Gasteiger partial charge in [0.15, 0.2) is 5.65 Å². The van der Waals surface area contributed by atoms with E-state index in [1.54, 1.807) is 54.6 Å². The number of carbonyl (C=O) groups excluding carboxylic acids is 2. The lowest BCUT2D eigenvalue weighted by Crippen LogP contribution is -2.32. The molecule has 9 heteroatoms. The third-order valence-electron chi connectivity index (χ3n) is 7.23. The fourth-order valence-corrected chi connectivity index (χ4v) is 6.47. The summed E-state index contributed by atoms with van der Waals surface area (Å²) in [5.41, 5.74) is 5.13. The molecule has 8 nitrogen and oxygen atoms in total. The Morgan fingerprint density at radius 1 is 0.821 bits per heavy atom. The Morgan fingerprint density at radius 3 is 2.13 bits per heavy atom. The van der Waals surface area contributed by atoms with Crippen LogP contribution < -0.4 is 0 Å². The Balaban J connectivity index is 1.36. The number of aromatic nitrogens is 3. The van der Waals surface area contributed by atoms with E-state index in [1.165, 1.54) is 21.4 Å². The second-order valence-electron chi connectivity index (χ2n) is 9.66. The maximum Gasteiger partial charge on any atom is 0.269 e. The van der Waals surface area contributed by atoms with Crippen LogP contribution in [0.1, 0.15) is 50.4 Å². The van der Waals surface area contributed by atoms with Gasteiger partial charge in [-0.05, 0) is 68.3 Å². The maximum atomic E-state index is 13.3. The number of fused-ring (bicyclic) bond motifs is 2. The molecule has 2 aromatic heterocycles. The largest absolute Gasteiger partial charge is 0.269 e. The Bertz CT molecular complexity index is 1870. The summed E-state index contributed by atoms with van der Waals surface area (Å²) in [5.74, 6) is -0.611. The number of rotatable bonds is 5. The first-order valence-corrected chi connectivity index (χ1v) is 13.8. The molecule has 0 N–H and O–H groups in total. The first-order chi connectivity index (χ1) is 18.7. The minimum Gasteiger partial charge on any atom is -0.269 e. The third-order valence-corrected chi connectivity index (χ3v) is 8.91. The molecule has 2 amide bonds. The molecule has 0 fully saturated rings. The summed E-state index contributed by atoms with van der Waals surface area (Å²) in [5, 5.41) is 0.591. The van der Waals surface area contributed by atoms with E-state index in [0.717, 1.165) is 22.3 Å². The number of hydrogen-bond donors (Lipinski definition) is 0. The highest BCUT2D eigenvalue weighted by Crippen LogP contribution is 2.35. The molecule has 1 atom stereocenters. The topological polar surface area (TPSA) is 102 Å². The van der Waals surface area contributed by atoms with Gasteiger partial charge >= 0.3 is 0 Å². The molecular weight excluding hydrogens is 512 g/mol. The number of hydrogen-bond acceptors (Lipinski definition) is 6. The van der Waals surface area contributed by atoms with E-state index < -0.39 is 16.1 Å². The van der Waals surface area contributed by atoms with Gasteiger partial charge in [-0.2, -0.15) is 0 Å². The zero-order chi connectivity index (χ0) is 27.5. The zero-order valence-corrected chi connectivity index (χ0v) is 22.3. The maximum absolute atomic E-state index is 13.3. The molecule has 0 spiro atoms. The van der Waals surface area contributed by atoms with Crippen molar-refractivity contribution in [3.05, 3.63) is 113 Å². The Labute approximate surface area is 225 Å². The molecule has 5 aromatic rings. The van der Waals surface area contributed by atoms with Crippen molar-refractivity contribution >= 4 is 32.9 Å². The predicted octanol–water partition coefficient (Wildman–Crippen LogP) is 5.31. The molecule has 6 rings (SSSR count). The van der Waals surface area contributed by atoms with Gasteiger partial charge in [0.1, 0.15) is 6.33 Å². The molecule has 0 saturated heterocycles. The van der Waals surface area contributed by atoms with Crippen LogP contribution in [0, 0.1) is 13.8 Å². The van der Waals surface area contributed by atoms with Crippen LogP contribution in [0.3, 0.4) is 0 Å². The summed E-state index contributed by atoms with van der Waals surface area (Å²) in [6.07, 6.45) is 2.84. The summed E-state index contributed by atoms with van der Waals surface area (Å²) in [6, 6.07) is 20.4. The quantitative estimate of drug-likeness (QED) is 0.282. The van der Waals surface area contributed by atoms with Crippen molar-refractivity contribution in [2.45, 2.75) is 31.7 Å². The fraction of sp³-hybridized carbons (Fsp3) is 0.133. The van der Waals surface area contributed by atoms with Crippen LogP contribution in [0.2, 0.25) is 0 Å². The zero-order valence-electron chi connectivity index (χ0n) is 21.5. The van der Waals surface area contributed by atoms with Gasteiger partial charge in [0.05, 0.1) is 27.8 Å². The minimum atomic E-state index is -3.85. The van der Waals surface area contributed by atoms with E-state index in [2.05, 4.69) is 9.97 Å². The van der Waals surface area contributed by atoms with Crippen LogP contribution in [0.4, 0.5) is 0 Å². The first kappa shape index (κ1) is 24.7. The van der Waals surface area contributed by atoms with Crippen molar-refractivity contribution in [2.24, 2.45) is 0 Å². The number of benzene rings is 3. The van der Waals surface area contributed by atoms with Gasteiger partial charge < -0.3 is 0 Å². The second-order valence-corrected chi connectivity index (χ2v) is 11.5. The highest BCUT2D eigenvalue weighted by Gasteiger charge is 2.39. The van der Waals surface area contributed by atoms with Gasteiger partial charge in [-0.1, -0.05) is 42.0 Å². The van der Waals surface area contributed by atoms with Gasteiger partial charge in [0.2, 0.25) is 0 Å². The normalized spacial score (nSPS) is 14.2. The highest BCUT2D eigenvalue weighted by atomic mass is 32.2. The molecule has 0 radical (unpaired) electrons. The Morgan fingerprint density at radius 2 is 1.49 bits per heavy atom. The molecule has 3 heterocycles. The SMILES string of the molecule is Cc1ccc(S(=O)(=O)n2ccc3c(-c4ccc(C(C)N5C(=O)c6ccccc6C5=O)c(C)c4)ncnc32)cc1. The Hall–Kier alpha value is -4.63. The number of nitrogens with zero attached hydrogens (tertiary/aromatic N) is 4. The fourth-order valence-electron chi connectivity index (χ4n) is 5.17. The number of aryl methyl sites for hydroxylation is 2. The molecule has 1 aliphatic heterocycles. The predicted molar refractivity (Wildman–Crippen MR) is 147 cm³/mol. The van der Waals surface area contributed by atoms with Gasteiger partial charge in [0.25, 0.3) is 21.8 Å². The summed E-state index contributed by atoms with van der Waals surface area (Å²) in [4.78, 5) is 36.2. The molecule has 39 heavy (non-hydrogen) atoms. The molecule has 1 unspecified atom stereocenters. The van der Waals surface area contributed by atoms with Crippen LogP contribution in [-0.2, 0) is 10.0 Å². The van der Waals surface area contributed by atoms with Crippen molar-refractivity contribution in [2.75, 3.05) is 0 Å². The van der Waals surface area contributed by atoms with Gasteiger partial charge in [0, 0.05) is 17.1 Å². The summed E-state index contributed by atoms with van der Waals surface area (Å²) in [7, 11) is -3.85. The monoisotopic (exact) mass is 536 g/mol. The first-order valence-electron chi connectivity index (χ1n) is 12.4. The molecular formula is C30H24N4O4S. The second kappa shape index (κ2) is 8.99. The lowest BCUT2D eigenvalue weighted by atomic mass is 9.97. The van der Waals surface area contributed by atoms with E-state index in [1.807, 2.05) is 39.0 Å². The number of imide groups is 1. The summed E-state index contributed by atoms with van der Waals surface area (Å²) >= 11 is 0. The van der Waals surface area contributed by atoms with Crippen molar-refractivity contribution in [3.63, 3.8) is 0 Å². The third kappa shape index (κ3) is 3.85. The number of amides is 2. The lowest BCUT2D eigenvalue weighted by Gasteiger charge is -2.24. The molecule has 0 saturated carbocycles. The highest BCUT2D eigenvalue weighted by molar-refractivity contribution is 7.90. The van der Waals surface area contributed by atoms with Crippen molar-refractivity contribution in [3.8, 4) is 11.3 Å². The Kier molecular flexibility index (Phi) is 5.69. The van der Waals surface area contributed by atoms with Gasteiger partial charge in [-0.25, -0.2) is 22.4 Å². The van der Waals surface area contributed by atoms with Crippen LogP contribution in [-0.4, -0.2) is 39.1 Å². The van der Waals surface area contributed by atoms with E-state index in [-0.39, 0.29) is 22.4 Å². The van der Waals surface area contributed by atoms with E-state index in [9.17, 15) is 18.0 Å². The standard InChI is InChI=1S/C30H24N4O4S/c1-18-8-11-22(12-9-18)39(37,38)33-15-14-26-27(31-17-32-28(26)33)21-10-13-23(19(2)16-21)20(3)34-29(35)24-6-4-5-7-25(24)30(34)36/h4-17,20H,1-3H3. The van der Waals surface area contributed by atoms with Crippen LogP contribution in [0.25, 0.3) is 22.3 Å². The summed E-state index contributed by atoms with van der Waals surface area (Å²) in [6.45, 7) is 5.65. The van der Waals surface area contributed by atoms with Crippen LogP contribution in [0.5, 0.6) is 0 Å². The van der Waals surface area contributed by atoms with Crippen molar-refractivity contribution in [1.82, 2.24) is 18.8 Å². The minimum absolute atomic E-state index is 0.174. The number of carbonyl (C=O) groups is 2. The van der Waals surface area contributed by atoms with Crippen molar-refractivity contribution < 1.29 is 18.0 Å². The lowest BCUT2D eigenvalue weighted by molar-refractivity contribution is 0.0595. The molecule has 1 aliphatic rings. The molecule has 0 bridgehead atoms.